The summed E-state index contributed by atoms with van der Waals surface area (Å²) in [6.45, 7) is 3.46. The van der Waals surface area contributed by atoms with Crippen LogP contribution in [0.1, 0.15) is 18.9 Å². The third kappa shape index (κ3) is 4.89. The lowest BCUT2D eigenvalue weighted by Gasteiger charge is -2.23. The van der Waals surface area contributed by atoms with Gasteiger partial charge in [0.15, 0.2) is 6.10 Å². The molecule has 2 aromatic rings. The van der Waals surface area contributed by atoms with Crippen molar-refractivity contribution in [2.45, 2.75) is 36.5 Å². The Morgan fingerprint density at radius 2 is 1.89 bits per heavy atom. The molecule has 6 nitrogen and oxygen atoms in total. The summed E-state index contributed by atoms with van der Waals surface area (Å²) in [5.41, 5.74) is 2.45. The van der Waals surface area contributed by atoms with Gasteiger partial charge >= 0.3 is 5.97 Å². The highest BCUT2D eigenvalue weighted by molar-refractivity contribution is 8.01. The first-order chi connectivity index (χ1) is 12.9. The first-order valence-corrected chi connectivity index (χ1v) is 9.44. The SMILES string of the molecule is Cc1ccc(NC(=O)[C@@H](C)OC(=O)C[C@@H]2Sc3ccccc3NC2=O)cc1. The molecule has 1 aliphatic rings. The molecule has 7 heteroatoms. The summed E-state index contributed by atoms with van der Waals surface area (Å²) in [5.74, 6) is -1.25. The molecular formula is C20H20N2O4S. The molecule has 1 heterocycles. The van der Waals surface area contributed by atoms with Gasteiger partial charge in [0, 0.05) is 10.6 Å². The zero-order valence-electron chi connectivity index (χ0n) is 15.0. The highest BCUT2D eigenvalue weighted by Gasteiger charge is 2.30. The number of nitrogens with one attached hydrogen (secondary N) is 2. The van der Waals surface area contributed by atoms with E-state index in [1.165, 1.54) is 18.7 Å². The third-order valence-corrected chi connectivity index (χ3v) is 5.33. The van der Waals surface area contributed by atoms with Crippen molar-refractivity contribution < 1.29 is 19.1 Å². The maximum Gasteiger partial charge on any atom is 0.308 e. The Balaban J connectivity index is 1.53. The normalized spacial score (nSPS) is 16.7. The van der Waals surface area contributed by atoms with Crippen LogP contribution in [-0.2, 0) is 19.1 Å². The Labute approximate surface area is 161 Å². The number of thioether (sulfide) groups is 1. The van der Waals surface area contributed by atoms with Crippen LogP contribution in [-0.4, -0.2) is 29.1 Å². The van der Waals surface area contributed by atoms with Gasteiger partial charge in [-0.3, -0.25) is 14.4 Å². The molecule has 2 aromatic carbocycles. The number of para-hydroxylation sites is 1. The number of esters is 1. The molecule has 0 bridgehead atoms. The van der Waals surface area contributed by atoms with Gasteiger partial charge in [-0.05, 0) is 38.1 Å². The fourth-order valence-electron chi connectivity index (χ4n) is 2.56. The summed E-state index contributed by atoms with van der Waals surface area (Å²) < 4.78 is 5.20. The Morgan fingerprint density at radius 1 is 1.19 bits per heavy atom. The lowest BCUT2D eigenvalue weighted by molar-refractivity contribution is -0.153. The second kappa shape index (κ2) is 8.26. The molecule has 0 aliphatic carbocycles. The molecule has 0 aromatic heterocycles. The van der Waals surface area contributed by atoms with Gasteiger partial charge in [0.1, 0.15) is 0 Å². The maximum absolute atomic E-state index is 12.2. The van der Waals surface area contributed by atoms with Crippen LogP contribution in [0, 0.1) is 6.92 Å². The van der Waals surface area contributed by atoms with E-state index < -0.39 is 23.2 Å². The van der Waals surface area contributed by atoms with Crippen molar-refractivity contribution in [2.24, 2.45) is 0 Å². The molecule has 1 aliphatic heterocycles. The van der Waals surface area contributed by atoms with E-state index in [0.717, 1.165) is 16.1 Å². The van der Waals surface area contributed by atoms with Crippen LogP contribution < -0.4 is 10.6 Å². The van der Waals surface area contributed by atoms with Crippen molar-refractivity contribution >= 4 is 40.9 Å². The number of ether oxygens (including phenoxy) is 1. The Bertz CT molecular complexity index is 867. The second-order valence-electron chi connectivity index (χ2n) is 6.28. The largest absolute Gasteiger partial charge is 0.452 e. The minimum Gasteiger partial charge on any atom is -0.452 e. The molecule has 0 unspecified atom stereocenters. The van der Waals surface area contributed by atoms with E-state index in [9.17, 15) is 14.4 Å². The lowest BCUT2D eigenvalue weighted by atomic mass is 10.2. The van der Waals surface area contributed by atoms with Crippen LogP contribution >= 0.6 is 11.8 Å². The Kier molecular flexibility index (Phi) is 5.81. The van der Waals surface area contributed by atoms with Gasteiger partial charge < -0.3 is 15.4 Å². The van der Waals surface area contributed by atoms with Gasteiger partial charge in [-0.1, -0.05) is 29.8 Å². The van der Waals surface area contributed by atoms with Gasteiger partial charge in [0.05, 0.1) is 17.4 Å². The van der Waals surface area contributed by atoms with Crippen LogP contribution in [0.15, 0.2) is 53.4 Å². The number of amides is 2. The number of carbonyl (C=O) groups excluding carboxylic acids is 3. The van der Waals surface area contributed by atoms with Crippen LogP contribution in [0.3, 0.4) is 0 Å². The lowest BCUT2D eigenvalue weighted by Crippen LogP contribution is -2.34. The van der Waals surface area contributed by atoms with Gasteiger partial charge in [0.25, 0.3) is 5.91 Å². The molecule has 0 fully saturated rings. The molecule has 2 N–H and O–H groups in total. The van der Waals surface area contributed by atoms with Crippen LogP contribution in [0.25, 0.3) is 0 Å². The number of benzene rings is 2. The summed E-state index contributed by atoms with van der Waals surface area (Å²) in [5, 5.41) is 4.90. The quantitative estimate of drug-likeness (QED) is 0.772. The standard InChI is InChI=1S/C20H20N2O4S/c1-12-7-9-14(10-8-12)21-19(24)13(2)26-18(23)11-17-20(25)22-15-5-3-4-6-16(15)27-17/h3-10,13,17H,11H2,1-2H3,(H,21,24)(H,22,25)/t13-,17+/m1/s1. The molecular weight excluding hydrogens is 364 g/mol. The number of fused-ring (bicyclic) bond motifs is 1. The first-order valence-electron chi connectivity index (χ1n) is 8.56. The molecule has 2 atom stereocenters. The number of hydrogen-bond acceptors (Lipinski definition) is 5. The second-order valence-corrected chi connectivity index (χ2v) is 7.53. The van der Waals surface area contributed by atoms with Crippen LogP contribution in [0.5, 0.6) is 0 Å². The maximum atomic E-state index is 12.2. The fraction of sp³-hybridized carbons (Fsp3) is 0.250. The molecule has 140 valence electrons. The van der Waals surface area contributed by atoms with Crippen molar-refractivity contribution in [2.75, 3.05) is 10.6 Å². The third-order valence-electron chi connectivity index (χ3n) is 4.06. The monoisotopic (exact) mass is 384 g/mol. The number of aryl methyl sites for hydroxylation is 1. The number of rotatable bonds is 5. The van der Waals surface area contributed by atoms with E-state index in [2.05, 4.69) is 10.6 Å². The van der Waals surface area contributed by atoms with Crippen molar-refractivity contribution in [3.8, 4) is 0 Å². The summed E-state index contributed by atoms with van der Waals surface area (Å²) in [7, 11) is 0. The van der Waals surface area contributed by atoms with E-state index in [0.29, 0.717) is 5.69 Å². The van der Waals surface area contributed by atoms with Crippen molar-refractivity contribution in [1.29, 1.82) is 0 Å². The minimum atomic E-state index is -0.956. The summed E-state index contributed by atoms with van der Waals surface area (Å²) in [4.78, 5) is 37.4. The molecule has 0 spiro atoms. The molecule has 27 heavy (non-hydrogen) atoms. The topological polar surface area (TPSA) is 84.5 Å². The van der Waals surface area contributed by atoms with Crippen LogP contribution in [0.4, 0.5) is 11.4 Å². The minimum absolute atomic E-state index is 0.104. The van der Waals surface area contributed by atoms with Crippen molar-refractivity contribution in [3.63, 3.8) is 0 Å². The van der Waals surface area contributed by atoms with E-state index in [4.69, 9.17) is 4.74 Å². The fourth-order valence-corrected chi connectivity index (χ4v) is 3.65. The van der Waals surface area contributed by atoms with Crippen molar-refractivity contribution in [3.05, 3.63) is 54.1 Å². The Hall–Kier alpha value is -2.80. The molecule has 0 saturated heterocycles. The smallest absolute Gasteiger partial charge is 0.308 e. The Morgan fingerprint density at radius 3 is 2.63 bits per heavy atom. The molecule has 2 amide bonds. The first kappa shape index (κ1) is 19.0. The highest BCUT2D eigenvalue weighted by Crippen LogP contribution is 2.36. The van der Waals surface area contributed by atoms with Gasteiger partial charge in [-0.25, -0.2) is 0 Å². The predicted molar refractivity (Wildman–Crippen MR) is 105 cm³/mol. The summed E-state index contributed by atoms with van der Waals surface area (Å²) in [6.07, 6.45) is -1.06. The van der Waals surface area contributed by atoms with E-state index >= 15 is 0 Å². The average Bonchev–Trinajstić information content (AvgIpc) is 2.64. The number of anilines is 2. The zero-order chi connectivity index (χ0) is 19.4. The molecule has 3 rings (SSSR count). The number of carbonyl (C=O) groups is 3. The van der Waals surface area contributed by atoms with Gasteiger partial charge in [-0.2, -0.15) is 0 Å². The average molecular weight is 384 g/mol. The summed E-state index contributed by atoms with van der Waals surface area (Å²) >= 11 is 1.32. The van der Waals surface area contributed by atoms with Crippen molar-refractivity contribution in [1.82, 2.24) is 0 Å². The van der Waals surface area contributed by atoms with Gasteiger partial charge in [-0.15, -0.1) is 11.8 Å². The molecule has 0 radical (unpaired) electrons. The van der Waals surface area contributed by atoms with E-state index in [1.807, 2.05) is 43.3 Å². The van der Waals surface area contributed by atoms with E-state index in [-0.39, 0.29) is 12.3 Å². The van der Waals surface area contributed by atoms with E-state index in [1.54, 1.807) is 12.1 Å². The number of hydrogen-bond donors (Lipinski definition) is 2. The van der Waals surface area contributed by atoms with Gasteiger partial charge in [0.2, 0.25) is 5.91 Å². The van der Waals surface area contributed by atoms with Crippen LogP contribution in [0.2, 0.25) is 0 Å². The molecule has 0 saturated carbocycles. The highest BCUT2D eigenvalue weighted by atomic mass is 32.2. The zero-order valence-corrected chi connectivity index (χ0v) is 15.8. The predicted octanol–water partition coefficient (Wildman–Crippen LogP) is 3.37. The summed E-state index contributed by atoms with van der Waals surface area (Å²) in [6, 6.07) is 14.7.